The van der Waals surface area contributed by atoms with Gasteiger partial charge in [0.2, 0.25) is 5.91 Å². The smallest absolute Gasteiger partial charge is 0.329 e. The molecule has 31 heavy (non-hydrogen) atoms. The van der Waals surface area contributed by atoms with Crippen LogP contribution in [0, 0.1) is 5.82 Å². The molecule has 2 aliphatic heterocycles. The van der Waals surface area contributed by atoms with Crippen LogP contribution in [0.15, 0.2) is 42.5 Å². The van der Waals surface area contributed by atoms with E-state index in [0.29, 0.717) is 24.7 Å². The van der Waals surface area contributed by atoms with Crippen molar-refractivity contribution in [2.24, 2.45) is 0 Å². The van der Waals surface area contributed by atoms with Crippen molar-refractivity contribution >= 4 is 23.5 Å². The Morgan fingerprint density at radius 2 is 1.87 bits per heavy atom. The van der Waals surface area contributed by atoms with Crippen LogP contribution < -0.4 is 25.0 Å². The number of ether oxygens (including phenoxy) is 2. The minimum Gasteiger partial charge on any atom is -0.486 e. The van der Waals surface area contributed by atoms with Gasteiger partial charge in [-0.25, -0.2) is 14.1 Å². The highest BCUT2D eigenvalue weighted by Crippen LogP contribution is 2.32. The van der Waals surface area contributed by atoms with Crippen LogP contribution in [0.3, 0.4) is 0 Å². The Bertz CT molecular complexity index is 1010. The van der Waals surface area contributed by atoms with Crippen LogP contribution in [-0.2, 0) is 9.59 Å². The molecule has 0 unspecified atom stereocenters. The van der Waals surface area contributed by atoms with Crippen molar-refractivity contribution in [2.45, 2.75) is 31.8 Å². The number of benzene rings is 2. The highest BCUT2D eigenvalue weighted by Gasteiger charge is 2.39. The Balaban J connectivity index is 1.32. The van der Waals surface area contributed by atoms with Gasteiger partial charge < -0.3 is 20.1 Å². The molecule has 2 aliphatic rings. The first kappa shape index (κ1) is 20.6. The second-order valence-electron chi connectivity index (χ2n) is 7.38. The Morgan fingerprint density at radius 1 is 1.16 bits per heavy atom. The highest BCUT2D eigenvalue weighted by atomic mass is 19.1. The van der Waals surface area contributed by atoms with E-state index in [1.807, 2.05) is 25.1 Å². The summed E-state index contributed by atoms with van der Waals surface area (Å²) in [5.41, 5.74) is 1.15. The predicted octanol–water partition coefficient (Wildman–Crippen LogP) is 2.68. The molecule has 8 nitrogen and oxygen atoms in total. The standard InChI is InChI=1S/C22H22FN3O5/c1-13(14-2-8-18-19(12-14)31-11-10-30-18)24-20(27)9-7-17-21(28)26(22(29)25-17)16-5-3-15(23)4-6-16/h2-6,8,12-13,17H,7,9-11H2,1H3,(H,24,27)(H,25,29)/t13-,17+/m1/s1. The number of hydrogen-bond acceptors (Lipinski definition) is 5. The van der Waals surface area contributed by atoms with Gasteiger partial charge in [-0.3, -0.25) is 9.59 Å². The van der Waals surface area contributed by atoms with Gasteiger partial charge in [-0.05, 0) is 55.3 Å². The quantitative estimate of drug-likeness (QED) is 0.691. The summed E-state index contributed by atoms with van der Waals surface area (Å²) in [6, 6.07) is 8.90. The van der Waals surface area contributed by atoms with Gasteiger partial charge in [0, 0.05) is 6.42 Å². The maximum Gasteiger partial charge on any atom is 0.329 e. The summed E-state index contributed by atoms with van der Waals surface area (Å²) in [6.45, 7) is 2.84. The lowest BCUT2D eigenvalue weighted by Crippen LogP contribution is -2.33. The number of rotatable bonds is 6. The monoisotopic (exact) mass is 427 g/mol. The molecule has 2 N–H and O–H groups in total. The van der Waals surface area contributed by atoms with E-state index in [0.717, 1.165) is 10.5 Å². The molecule has 4 rings (SSSR count). The van der Waals surface area contributed by atoms with Crippen molar-refractivity contribution in [1.29, 1.82) is 0 Å². The molecule has 162 valence electrons. The molecule has 2 aromatic carbocycles. The normalized spacial score (nSPS) is 18.5. The number of fused-ring (bicyclic) bond motifs is 1. The van der Waals surface area contributed by atoms with Crippen LogP contribution >= 0.6 is 0 Å². The number of nitrogens with zero attached hydrogens (tertiary/aromatic N) is 1. The summed E-state index contributed by atoms with van der Waals surface area (Å²) in [6.07, 6.45) is 0.213. The van der Waals surface area contributed by atoms with Gasteiger partial charge in [-0.1, -0.05) is 6.07 Å². The summed E-state index contributed by atoms with van der Waals surface area (Å²) in [5.74, 6) is 0.143. The van der Waals surface area contributed by atoms with Gasteiger partial charge in [-0.15, -0.1) is 0 Å². The Hall–Kier alpha value is -3.62. The summed E-state index contributed by atoms with van der Waals surface area (Å²) < 4.78 is 24.2. The number of halogens is 1. The lowest BCUT2D eigenvalue weighted by molar-refractivity contribution is -0.122. The first-order valence-electron chi connectivity index (χ1n) is 10.0. The summed E-state index contributed by atoms with van der Waals surface area (Å²) in [4.78, 5) is 38.1. The lowest BCUT2D eigenvalue weighted by Gasteiger charge is -2.21. The fraction of sp³-hybridized carbons (Fsp3) is 0.318. The van der Waals surface area contributed by atoms with E-state index in [9.17, 15) is 18.8 Å². The molecule has 0 spiro atoms. The second kappa shape index (κ2) is 8.63. The van der Waals surface area contributed by atoms with Crippen LogP contribution in [0.4, 0.5) is 14.9 Å². The molecular formula is C22H22FN3O5. The van der Waals surface area contributed by atoms with Crippen molar-refractivity contribution in [3.8, 4) is 11.5 Å². The molecule has 2 heterocycles. The minimum absolute atomic E-state index is 0.0584. The lowest BCUT2D eigenvalue weighted by atomic mass is 10.1. The number of hydrogen-bond donors (Lipinski definition) is 2. The third-order valence-electron chi connectivity index (χ3n) is 5.21. The van der Waals surface area contributed by atoms with Crippen LogP contribution in [0.1, 0.15) is 31.4 Å². The molecule has 0 aliphatic carbocycles. The van der Waals surface area contributed by atoms with Crippen molar-refractivity contribution in [1.82, 2.24) is 10.6 Å². The molecule has 0 aromatic heterocycles. The zero-order valence-corrected chi connectivity index (χ0v) is 16.9. The second-order valence-corrected chi connectivity index (χ2v) is 7.38. The van der Waals surface area contributed by atoms with Gasteiger partial charge in [-0.2, -0.15) is 0 Å². The van der Waals surface area contributed by atoms with Crippen molar-refractivity contribution < 1.29 is 28.2 Å². The molecule has 1 saturated heterocycles. The number of carbonyl (C=O) groups excluding carboxylic acids is 3. The van der Waals surface area contributed by atoms with Gasteiger partial charge in [0.1, 0.15) is 25.1 Å². The Labute approximate surface area is 178 Å². The summed E-state index contributed by atoms with van der Waals surface area (Å²) in [5, 5.41) is 5.46. The largest absolute Gasteiger partial charge is 0.486 e. The number of imide groups is 1. The minimum atomic E-state index is -0.812. The maximum atomic E-state index is 13.1. The first-order chi connectivity index (χ1) is 14.9. The van der Waals surface area contributed by atoms with E-state index in [2.05, 4.69) is 10.6 Å². The van der Waals surface area contributed by atoms with Crippen molar-refractivity contribution in [3.63, 3.8) is 0 Å². The highest BCUT2D eigenvalue weighted by molar-refractivity contribution is 6.21. The molecule has 2 aromatic rings. The zero-order chi connectivity index (χ0) is 22.0. The average molecular weight is 427 g/mol. The van der Waals surface area contributed by atoms with Crippen LogP contribution in [0.5, 0.6) is 11.5 Å². The van der Waals surface area contributed by atoms with E-state index in [1.165, 1.54) is 24.3 Å². The molecule has 1 fully saturated rings. The summed E-state index contributed by atoms with van der Waals surface area (Å²) >= 11 is 0. The van der Waals surface area contributed by atoms with Crippen molar-refractivity contribution in [2.75, 3.05) is 18.1 Å². The summed E-state index contributed by atoms with van der Waals surface area (Å²) in [7, 11) is 0. The third-order valence-corrected chi connectivity index (χ3v) is 5.21. The average Bonchev–Trinajstić information content (AvgIpc) is 3.05. The van der Waals surface area contributed by atoms with E-state index >= 15 is 0 Å². The topological polar surface area (TPSA) is 97.0 Å². The molecule has 0 bridgehead atoms. The number of carbonyl (C=O) groups is 3. The first-order valence-corrected chi connectivity index (χ1v) is 10.0. The molecule has 2 atom stereocenters. The van der Waals surface area contributed by atoms with Crippen LogP contribution in [0.25, 0.3) is 0 Å². The van der Waals surface area contributed by atoms with Crippen LogP contribution in [0.2, 0.25) is 0 Å². The van der Waals surface area contributed by atoms with E-state index in [4.69, 9.17) is 9.47 Å². The number of urea groups is 1. The molecule has 4 amide bonds. The SMILES string of the molecule is C[C@@H](NC(=O)CC[C@@H]1NC(=O)N(c2ccc(F)cc2)C1=O)c1ccc2c(c1)OCCO2. The van der Waals surface area contributed by atoms with Gasteiger partial charge in [0.25, 0.3) is 5.91 Å². The van der Waals surface area contributed by atoms with E-state index in [1.54, 1.807) is 0 Å². The fourth-order valence-corrected chi connectivity index (χ4v) is 3.56. The Kier molecular flexibility index (Phi) is 5.75. The van der Waals surface area contributed by atoms with Crippen LogP contribution in [-0.4, -0.2) is 37.1 Å². The zero-order valence-electron chi connectivity index (χ0n) is 16.9. The van der Waals surface area contributed by atoms with Crippen molar-refractivity contribution in [3.05, 3.63) is 53.8 Å². The van der Waals surface area contributed by atoms with Gasteiger partial charge >= 0.3 is 6.03 Å². The number of nitrogens with one attached hydrogen (secondary N) is 2. The molecule has 0 saturated carbocycles. The van der Waals surface area contributed by atoms with E-state index < -0.39 is 23.8 Å². The third kappa shape index (κ3) is 4.45. The maximum absolute atomic E-state index is 13.1. The molecular weight excluding hydrogens is 405 g/mol. The number of amides is 4. The van der Waals surface area contributed by atoms with Gasteiger partial charge in [0.15, 0.2) is 11.5 Å². The fourth-order valence-electron chi connectivity index (χ4n) is 3.56. The number of anilines is 1. The molecule has 9 heteroatoms. The van der Waals surface area contributed by atoms with Gasteiger partial charge in [0.05, 0.1) is 11.7 Å². The predicted molar refractivity (Wildman–Crippen MR) is 109 cm³/mol. The van der Waals surface area contributed by atoms with E-state index in [-0.39, 0.29) is 30.5 Å². The Morgan fingerprint density at radius 3 is 2.61 bits per heavy atom. The molecule has 0 radical (unpaired) electrons.